The van der Waals surface area contributed by atoms with Crippen molar-refractivity contribution in [3.05, 3.63) is 41.2 Å². The number of carbonyl (C=O) groups excluding carboxylic acids is 2. The average molecular weight is 299 g/mol. The predicted molar refractivity (Wildman–Crippen MR) is 82.8 cm³/mol. The molecule has 0 aromatic carbocycles. The Kier molecular flexibility index (Phi) is 4.22. The number of carbonyl (C=O) groups is 2. The Morgan fingerprint density at radius 1 is 1.45 bits per heavy atom. The molecule has 2 heterocycles. The molecule has 2 amide bonds. The van der Waals surface area contributed by atoms with Crippen LogP contribution in [-0.2, 0) is 16.1 Å². The van der Waals surface area contributed by atoms with Gasteiger partial charge in [-0.2, -0.15) is 0 Å². The molecule has 0 radical (unpaired) electrons. The van der Waals surface area contributed by atoms with Gasteiger partial charge in [-0.25, -0.2) is 0 Å². The predicted octanol–water partition coefficient (Wildman–Crippen LogP) is 1.80. The number of fused-ring (bicyclic) bond motifs is 1. The zero-order valence-electron chi connectivity index (χ0n) is 12.8. The molecule has 1 fully saturated rings. The van der Waals surface area contributed by atoms with Crippen LogP contribution >= 0.6 is 0 Å². The van der Waals surface area contributed by atoms with Crippen LogP contribution in [0.25, 0.3) is 0 Å². The van der Waals surface area contributed by atoms with Crippen LogP contribution < -0.4 is 5.32 Å². The van der Waals surface area contributed by atoms with Gasteiger partial charge in [0.15, 0.2) is 0 Å². The lowest BCUT2D eigenvalue weighted by Gasteiger charge is -2.21. The summed E-state index contributed by atoms with van der Waals surface area (Å²) in [5.74, 6) is -0.0715. The Labute approximate surface area is 130 Å². The fraction of sp³-hybridized carbons (Fsp3) is 0.471. The number of amides is 2. The van der Waals surface area contributed by atoms with E-state index < -0.39 is 0 Å². The van der Waals surface area contributed by atoms with Crippen molar-refractivity contribution >= 4 is 11.8 Å². The number of hydrogen-bond acceptors (Lipinski definition) is 3. The van der Waals surface area contributed by atoms with Crippen LogP contribution in [0.2, 0.25) is 0 Å². The number of nitrogens with zero attached hydrogens (tertiary/aromatic N) is 2. The smallest absolute Gasteiger partial charge is 0.248 e. The van der Waals surface area contributed by atoms with Crippen LogP contribution in [-0.4, -0.2) is 34.8 Å². The molecule has 1 N–H and O–H groups in total. The molecule has 0 saturated heterocycles. The lowest BCUT2D eigenvalue weighted by Crippen LogP contribution is -2.31. The molecule has 5 heteroatoms. The summed E-state index contributed by atoms with van der Waals surface area (Å²) in [4.78, 5) is 30.2. The summed E-state index contributed by atoms with van der Waals surface area (Å²) in [6.07, 6.45) is 7.88. The maximum absolute atomic E-state index is 12.4. The van der Waals surface area contributed by atoms with E-state index in [0.717, 1.165) is 31.2 Å². The third-order valence-corrected chi connectivity index (χ3v) is 4.47. The lowest BCUT2D eigenvalue weighted by atomic mass is 9.88. The van der Waals surface area contributed by atoms with Gasteiger partial charge in [0.05, 0.1) is 12.5 Å². The standard InChI is InChI=1S/C17H21N3O2/c1-20(11-12-5-4-8-18-10-12)16(21)9-14-13-6-2-3-7-15(13)19-17(14)22/h4-5,8,10,15H,2-3,6-7,9,11H2,1H3,(H,19,22). The van der Waals surface area contributed by atoms with Crippen molar-refractivity contribution in [1.82, 2.24) is 15.2 Å². The first kappa shape index (κ1) is 14.8. The largest absolute Gasteiger partial charge is 0.346 e. The van der Waals surface area contributed by atoms with Gasteiger partial charge in [0.2, 0.25) is 11.8 Å². The minimum Gasteiger partial charge on any atom is -0.346 e. The molecular weight excluding hydrogens is 278 g/mol. The van der Waals surface area contributed by atoms with Crippen molar-refractivity contribution < 1.29 is 9.59 Å². The number of hydrogen-bond donors (Lipinski definition) is 1. The first-order valence-corrected chi connectivity index (χ1v) is 7.81. The summed E-state index contributed by atoms with van der Waals surface area (Å²) in [5.41, 5.74) is 2.86. The van der Waals surface area contributed by atoms with Crippen molar-refractivity contribution in [3.63, 3.8) is 0 Å². The van der Waals surface area contributed by atoms with Gasteiger partial charge < -0.3 is 10.2 Å². The molecule has 0 bridgehead atoms. The SMILES string of the molecule is CN(Cc1cccnc1)C(=O)CC1=C2CCCCC2NC1=O. The van der Waals surface area contributed by atoms with Gasteiger partial charge in [-0.05, 0) is 36.5 Å². The van der Waals surface area contributed by atoms with Gasteiger partial charge in [-0.15, -0.1) is 0 Å². The van der Waals surface area contributed by atoms with E-state index in [9.17, 15) is 9.59 Å². The Bertz CT molecular complexity index is 610. The number of rotatable bonds is 4. The summed E-state index contributed by atoms with van der Waals surface area (Å²) in [7, 11) is 1.77. The zero-order chi connectivity index (χ0) is 15.5. The molecule has 0 spiro atoms. The minimum atomic E-state index is -0.0509. The molecule has 116 valence electrons. The molecule has 1 aliphatic heterocycles. The van der Waals surface area contributed by atoms with Gasteiger partial charge in [0.25, 0.3) is 0 Å². The molecule has 1 unspecified atom stereocenters. The fourth-order valence-electron chi connectivity index (χ4n) is 3.26. The highest BCUT2D eigenvalue weighted by Crippen LogP contribution is 2.32. The van der Waals surface area contributed by atoms with Crippen LogP contribution in [0.4, 0.5) is 0 Å². The van der Waals surface area contributed by atoms with Crippen molar-refractivity contribution in [2.24, 2.45) is 0 Å². The van der Waals surface area contributed by atoms with E-state index in [1.807, 2.05) is 12.1 Å². The van der Waals surface area contributed by atoms with Gasteiger partial charge in [-0.3, -0.25) is 14.6 Å². The molecule has 3 rings (SSSR count). The van der Waals surface area contributed by atoms with Crippen molar-refractivity contribution in [2.75, 3.05) is 7.05 Å². The molecule has 1 saturated carbocycles. The van der Waals surface area contributed by atoms with E-state index in [1.54, 1.807) is 24.3 Å². The minimum absolute atomic E-state index is 0.0206. The molecule has 22 heavy (non-hydrogen) atoms. The Morgan fingerprint density at radius 2 is 2.32 bits per heavy atom. The Morgan fingerprint density at radius 3 is 3.09 bits per heavy atom. The van der Waals surface area contributed by atoms with E-state index in [4.69, 9.17) is 0 Å². The van der Waals surface area contributed by atoms with Gasteiger partial charge >= 0.3 is 0 Å². The Balaban J connectivity index is 1.67. The number of pyridine rings is 1. The fourth-order valence-corrected chi connectivity index (χ4v) is 3.26. The van der Waals surface area contributed by atoms with E-state index >= 15 is 0 Å². The number of nitrogens with one attached hydrogen (secondary N) is 1. The lowest BCUT2D eigenvalue weighted by molar-refractivity contribution is -0.130. The van der Waals surface area contributed by atoms with Crippen LogP contribution in [0, 0.1) is 0 Å². The topological polar surface area (TPSA) is 62.3 Å². The van der Waals surface area contributed by atoms with Gasteiger partial charge in [-0.1, -0.05) is 12.5 Å². The Hall–Kier alpha value is -2.17. The summed E-state index contributed by atoms with van der Waals surface area (Å²) in [5, 5.41) is 3.01. The first-order valence-electron chi connectivity index (χ1n) is 7.81. The van der Waals surface area contributed by atoms with Gasteiger partial charge in [0.1, 0.15) is 0 Å². The third-order valence-electron chi connectivity index (χ3n) is 4.47. The molecule has 1 aromatic rings. The summed E-state index contributed by atoms with van der Waals surface area (Å²) >= 11 is 0. The van der Waals surface area contributed by atoms with E-state index in [2.05, 4.69) is 10.3 Å². The number of aromatic nitrogens is 1. The first-order chi connectivity index (χ1) is 10.6. The molecule has 5 nitrogen and oxygen atoms in total. The van der Waals surface area contributed by atoms with E-state index in [0.29, 0.717) is 12.1 Å². The molecular formula is C17H21N3O2. The monoisotopic (exact) mass is 299 g/mol. The second kappa shape index (κ2) is 6.30. The summed E-state index contributed by atoms with van der Waals surface area (Å²) in [6.45, 7) is 0.514. The highest BCUT2D eigenvalue weighted by molar-refractivity contribution is 6.02. The zero-order valence-corrected chi connectivity index (χ0v) is 12.8. The quantitative estimate of drug-likeness (QED) is 0.922. The average Bonchev–Trinajstić information content (AvgIpc) is 2.84. The molecule has 1 aliphatic carbocycles. The summed E-state index contributed by atoms with van der Waals surface area (Å²) < 4.78 is 0. The van der Waals surface area contributed by atoms with Crippen molar-refractivity contribution in [2.45, 2.75) is 44.7 Å². The van der Waals surface area contributed by atoms with E-state index in [-0.39, 0.29) is 24.3 Å². The van der Waals surface area contributed by atoms with E-state index in [1.165, 1.54) is 5.57 Å². The third kappa shape index (κ3) is 3.03. The maximum atomic E-state index is 12.4. The van der Waals surface area contributed by atoms with Crippen LogP contribution in [0.1, 0.15) is 37.7 Å². The van der Waals surface area contributed by atoms with Crippen LogP contribution in [0.3, 0.4) is 0 Å². The second-order valence-corrected chi connectivity index (χ2v) is 6.06. The van der Waals surface area contributed by atoms with Gasteiger partial charge in [0, 0.05) is 31.6 Å². The maximum Gasteiger partial charge on any atom is 0.248 e. The molecule has 1 aromatic heterocycles. The highest BCUT2D eigenvalue weighted by atomic mass is 16.2. The van der Waals surface area contributed by atoms with Crippen molar-refractivity contribution in [3.8, 4) is 0 Å². The second-order valence-electron chi connectivity index (χ2n) is 6.06. The normalized spacial score (nSPS) is 20.6. The van der Waals surface area contributed by atoms with Crippen LogP contribution in [0.5, 0.6) is 0 Å². The molecule has 1 atom stereocenters. The van der Waals surface area contributed by atoms with Crippen LogP contribution in [0.15, 0.2) is 35.7 Å². The summed E-state index contributed by atoms with van der Waals surface area (Å²) in [6, 6.07) is 3.97. The van der Waals surface area contributed by atoms with Crippen molar-refractivity contribution in [1.29, 1.82) is 0 Å². The molecule has 2 aliphatic rings. The highest BCUT2D eigenvalue weighted by Gasteiger charge is 2.34.